The van der Waals surface area contributed by atoms with Gasteiger partial charge in [-0.1, -0.05) is 18.2 Å². The molecule has 0 saturated carbocycles. The average molecular weight is 295 g/mol. The summed E-state index contributed by atoms with van der Waals surface area (Å²) in [6.07, 6.45) is 2.96. The SMILES string of the molecule is CCOC(=O)C(=O)C1Cc2ccc(-c3ccccn3)cc2C1. The van der Waals surface area contributed by atoms with Gasteiger partial charge in [-0.25, -0.2) is 4.79 Å². The molecule has 0 bridgehead atoms. The van der Waals surface area contributed by atoms with Gasteiger partial charge in [-0.3, -0.25) is 9.78 Å². The van der Waals surface area contributed by atoms with Crippen molar-refractivity contribution in [3.05, 3.63) is 53.7 Å². The van der Waals surface area contributed by atoms with Gasteiger partial charge in [0.1, 0.15) is 0 Å². The Balaban J connectivity index is 1.80. The van der Waals surface area contributed by atoms with E-state index >= 15 is 0 Å². The third-order valence-corrected chi connectivity index (χ3v) is 3.95. The second-order valence-corrected chi connectivity index (χ2v) is 5.39. The fraction of sp³-hybridized carbons (Fsp3) is 0.278. The van der Waals surface area contributed by atoms with Gasteiger partial charge >= 0.3 is 5.97 Å². The fourth-order valence-corrected chi connectivity index (χ4v) is 2.87. The zero-order valence-electron chi connectivity index (χ0n) is 12.4. The minimum Gasteiger partial charge on any atom is -0.460 e. The van der Waals surface area contributed by atoms with Crippen LogP contribution in [0.5, 0.6) is 0 Å². The minimum atomic E-state index is -0.717. The molecule has 112 valence electrons. The second-order valence-electron chi connectivity index (χ2n) is 5.39. The van der Waals surface area contributed by atoms with E-state index in [-0.39, 0.29) is 12.5 Å². The molecule has 1 aromatic carbocycles. The van der Waals surface area contributed by atoms with E-state index in [2.05, 4.69) is 11.1 Å². The van der Waals surface area contributed by atoms with Crippen molar-refractivity contribution in [1.82, 2.24) is 4.98 Å². The second kappa shape index (κ2) is 6.10. The van der Waals surface area contributed by atoms with Gasteiger partial charge < -0.3 is 4.74 Å². The number of ether oxygens (including phenoxy) is 1. The Hall–Kier alpha value is -2.49. The Morgan fingerprint density at radius 3 is 2.73 bits per heavy atom. The van der Waals surface area contributed by atoms with Gasteiger partial charge in [0, 0.05) is 17.7 Å². The molecular weight excluding hydrogens is 278 g/mol. The molecule has 0 amide bonds. The summed E-state index contributed by atoms with van der Waals surface area (Å²) in [6.45, 7) is 1.93. The van der Waals surface area contributed by atoms with Crippen molar-refractivity contribution in [2.75, 3.05) is 6.61 Å². The predicted octanol–water partition coefficient (Wildman–Crippen LogP) is 2.60. The molecule has 1 aliphatic carbocycles. The molecule has 1 aliphatic rings. The molecule has 1 aromatic heterocycles. The maximum Gasteiger partial charge on any atom is 0.374 e. The van der Waals surface area contributed by atoms with Crippen LogP contribution in [0.15, 0.2) is 42.6 Å². The number of pyridine rings is 1. The lowest BCUT2D eigenvalue weighted by Gasteiger charge is -2.06. The van der Waals surface area contributed by atoms with E-state index in [0.29, 0.717) is 12.8 Å². The van der Waals surface area contributed by atoms with Crippen LogP contribution in [0.2, 0.25) is 0 Å². The van der Waals surface area contributed by atoms with Crippen molar-refractivity contribution >= 4 is 11.8 Å². The highest BCUT2D eigenvalue weighted by atomic mass is 16.5. The number of carbonyl (C=O) groups is 2. The molecule has 1 atom stereocenters. The first-order chi connectivity index (χ1) is 10.7. The predicted molar refractivity (Wildman–Crippen MR) is 82.2 cm³/mol. The zero-order valence-corrected chi connectivity index (χ0v) is 12.4. The number of ketones is 1. The molecule has 22 heavy (non-hydrogen) atoms. The molecule has 3 rings (SSSR count). The Morgan fingerprint density at radius 2 is 2.00 bits per heavy atom. The summed E-state index contributed by atoms with van der Waals surface area (Å²) in [7, 11) is 0. The summed E-state index contributed by atoms with van der Waals surface area (Å²) in [4.78, 5) is 28.0. The van der Waals surface area contributed by atoms with E-state index in [1.165, 1.54) is 0 Å². The monoisotopic (exact) mass is 295 g/mol. The molecule has 0 fully saturated rings. The smallest absolute Gasteiger partial charge is 0.374 e. The molecule has 2 aromatic rings. The first kappa shape index (κ1) is 14.4. The van der Waals surface area contributed by atoms with E-state index in [1.54, 1.807) is 13.1 Å². The van der Waals surface area contributed by atoms with E-state index in [0.717, 1.165) is 22.4 Å². The van der Waals surface area contributed by atoms with E-state index in [9.17, 15) is 9.59 Å². The number of Topliss-reactive ketones (excluding diaryl/α,β-unsaturated/α-hetero) is 1. The number of rotatable bonds is 4. The van der Waals surface area contributed by atoms with Crippen molar-refractivity contribution in [3.8, 4) is 11.3 Å². The number of esters is 1. The van der Waals surface area contributed by atoms with Crippen molar-refractivity contribution in [3.63, 3.8) is 0 Å². The van der Waals surface area contributed by atoms with E-state index < -0.39 is 11.8 Å². The standard InChI is InChI=1S/C18H17NO3/c1-2-22-18(21)17(20)15-9-12-6-7-13(10-14(12)11-15)16-5-3-4-8-19-16/h3-8,10,15H,2,9,11H2,1H3. The number of nitrogens with zero attached hydrogens (tertiary/aromatic N) is 1. The summed E-state index contributed by atoms with van der Waals surface area (Å²) in [5.74, 6) is -1.43. The Labute approximate surface area is 129 Å². The van der Waals surface area contributed by atoms with Crippen LogP contribution in [-0.4, -0.2) is 23.3 Å². The van der Waals surface area contributed by atoms with Crippen LogP contribution in [0, 0.1) is 5.92 Å². The van der Waals surface area contributed by atoms with Gasteiger partial charge in [0.05, 0.1) is 12.3 Å². The number of benzene rings is 1. The van der Waals surface area contributed by atoms with Gasteiger partial charge in [0.15, 0.2) is 0 Å². The summed E-state index contributed by atoms with van der Waals surface area (Å²) in [5, 5.41) is 0. The molecule has 4 heteroatoms. The Kier molecular flexibility index (Phi) is 4.00. The molecule has 0 saturated heterocycles. The normalized spacial score (nSPS) is 16.1. The van der Waals surface area contributed by atoms with Crippen LogP contribution < -0.4 is 0 Å². The van der Waals surface area contributed by atoms with Crippen LogP contribution in [-0.2, 0) is 27.2 Å². The number of hydrogen-bond donors (Lipinski definition) is 0. The molecule has 0 aliphatic heterocycles. The highest BCUT2D eigenvalue weighted by Crippen LogP contribution is 2.31. The number of aromatic nitrogens is 1. The summed E-state index contributed by atoms with van der Waals surface area (Å²) in [6, 6.07) is 11.9. The molecule has 1 heterocycles. The minimum absolute atomic E-state index is 0.230. The van der Waals surface area contributed by atoms with Gasteiger partial charge in [-0.2, -0.15) is 0 Å². The lowest BCUT2D eigenvalue weighted by molar-refractivity contribution is -0.155. The lowest BCUT2D eigenvalue weighted by Crippen LogP contribution is -2.26. The van der Waals surface area contributed by atoms with Crippen LogP contribution >= 0.6 is 0 Å². The average Bonchev–Trinajstić information content (AvgIpc) is 2.98. The molecule has 0 radical (unpaired) electrons. The summed E-state index contributed by atoms with van der Waals surface area (Å²) >= 11 is 0. The number of hydrogen-bond acceptors (Lipinski definition) is 4. The molecule has 1 unspecified atom stereocenters. The Morgan fingerprint density at radius 1 is 1.18 bits per heavy atom. The van der Waals surface area contributed by atoms with Gasteiger partial charge in [-0.05, 0) is 49.1 Å². The molecule has 4 nitrogen and oxygen atoms in total. The van der Waals surface area contributed by atoms with Crippen LogP contribution in [0.25, 0.3) is 11.3 Å². The zero-order chi connectivity index (χ0) is 15.5. The number of fused-ring (bicyclic) bond motifs is 1. The summed E-state index contributed by atoms with van der Waals surface area (Å²) < 4.78 is 4.81. The summed E-state index contributed by atoms with van der Waals surface area (Å²) in [5.41, 5.74) is 4.18. The topological polar surface area (TPSA) is 56.3 Å². The maximum absolute atomic E-state index is 12.1. The highest BCUT2D eigenvalue weighted by Gasteiger charge is 2.32. The van der Waals surface area contributed by atoms with Crippen LogP contribution in [0.4, 0.5) is 0 Å². The maximum atomic E-state index is 12.1. The quantitative estimate of drug-likeness (QED) is 0.642. The van der Waals surface area contributed by atoms with Gasteiger partial charge in [0.2, 0.25) is 5.78 Å². The van der Waals surface area contributed by atoms with Crippen molar-refractivity contribution in [2.45, 2.75) is 19.8 Å². The highest BCUT2D eigenvalue weighted by molar-refractivity contribution is 6.34. The lowest BCUT2D eigenvalue weighted by atomic mass is 10.0. The van der Waals surface area contributed by atoms with Crippen molar-refractivity contribution < 1.29 is 14.3 Å². The van der Waals surface area contributed by atoms with Crippen LogP contribution in [0.3, 0.4) is 0 Å². The Bertz CT molecular complexity index is 710. The fourth-order valence-electron chi connectivity index (χ4n) is 2.87. The third kappa shape index (κ3) is 2.77. The van der Waals surface area contributed by atoms with Crippen LogP contribution in [0.1, 0.15) is 18.1 Å². The van der Waals surface area contributed by atoms with E-state index in [1.807, 2.05) is 30.3 Å². The van der Waals surface area contributed by atoms with Crippen molar-refractivity contribution in [2.24, 2.45) is 5.92 Å². The number of carbonyl (C=O) groups excluding carboxylic acids is 2. The van der Waals surface area contributed by atoms with E-state index in [4.69, 9.17) is 4.74 Å². The molecule has 0 N–H and O–H groups in total. The van der Waals surface area contributed by atoms with Gasteiger partial charge in [0.25, 0.3) is 0 Å². The first-order valence-corrected chi connectivity index (χ1v) is 7.43. The molecule has 0 spiro atoms. The first-order valence-electron chi connectivity index (χ1n) is 7.43. The third-order valence-electron chi connectivity index (χ3n) is 3.95. The van der Waals surface area contributed by atoms with Gasteiger partial charge in [-0.15, -0.1) is 0 Å². The molecular formula is C18H17NO3. The largest absolute Gasteiger partial charge is 0.460 e. The van der Waals surface area contributed by atoms with Crippen molar-refractivity contribution in [1.29, 1.82) is 0 Å².